The topological polar surface area (TPSA) is 57.9 Å². The van der Waals surface area contributed by atoms with Gasteiger partial charge in [0.15, 0.2) is 14.6 Å². The van der Waals surface area contributed by atoms with E-state index in [0.29, 0.717) is 12.8 Å². The van der Waals surface area contributed by atoms with Gasteiger partial charge in [-0.05, 0) is 55.4 Å². The van der Waals surface area contributed by atoms with Crippen LogP contribution in [0.1, 0.15) is 25.7 Å². The first kappa shape index (κ1) is 12.2. The average Bonchev–Trinajstić information content (AvgIpc) is 3.07. The van der Waals surface area contributed by atoms with Crippen molar-refractivity contribution in [1.82, 2.24) is 0 Å². The third-order valence-electron chi connectivity index (χ3n) is 4.12. The Morgan fingerprint density at radius 2 is 1.72 bits per heavy atom. The van der Waals surface area contributed by atoms with Gasteiger partial charge >= 0.3 is 0 Å². The molecule has 3 rings (SSSR count). The highest BCUT2D eigenvalue weighted by Gasteiger charge is 2.67. The molecule has 1 aromatic carbocycles. The lowest BCUT2D eigenvalue weighted by atomic mass is 9.72. The summed E-state index contributed by atoms with van der Waals surface area (Å²) in [6.45, 7) is 0. The predicted octanol–water partition coefficient (Wildman–Crippen LogP) is 3.06. The summed E-state index contributed by atoms with van der Waals surface area (Å²) in [5.41, 5.74) is 0.179. The maximum atomic E-state index is 12.6. The SMILES string of the molecule is N#CC1(S(=O)(=O)c2ccc(Br)cc2)CC2(CC2)C1. The van der Waals surface area contributed by atoms with Crippen LogP contribution in [0.5, 0.6) is 0 Å². The summed E-state index contributed by atoms with van der Waals surface area (Å²) in [6, 6.07) is 8.59. The van der Waals surface area contributed by atoms with E-state index >= 15 is 0 Å². The number of nitrogens with zero attached hydrogens (tertiary/aromatic N) is 1. The Morgan fingerprint density at radius 1 is 1.17 bits per heavy atom. The fourth-order valence-electron chi connectivity index (χ4n) is 2.86. The molecular weight excluding hydrogens is 314 g/mol. The lowest BCUT2D eigenvalue weighted by Crippen LogP contribution is -2.50. The number of benzene rings is 1. The maximum Gasteiger partial charge on any atom is 0.197 e. The van der Waals surface area contributed by atoms with Crippen molar-refractivity contribution < 1.29 is 8.42 Å². The third kappa shape index (κ3) is 1.55. The summed E-state index contributed by atoms with van der Waals surface area (Å²) in [6.07, 6.45) is 3.17. The van der Waals surface area contributed by atoms with E-state index < -0.39 is 14.6 Å². The molecule has 0 N–H and O–H groups in total. The van der Waals surface area contributed by atoms with E-state index in [-0.39, 0.29) is 10.3 Å². The minimum absolute atomic E-state index is 0.179. The average molecular weight is 326 g/mol. The van der Waals surface area contributed by atoms with Crippen LogP contribution >= 0.6 is 15.9 Å². The zero-order valence-electron chi connectivity index (χ0n) is 9.69. The smallest absolute Gasteiger partial charge is 0.197 e. The number of hydrogen-bond acceptors (Lipinski definition) is 3. The minimum atomic E-state index is -3.54. The molecule has 0 heterocycles. The molecule has 18 heavy (non-hydrogen) atoms. The van der Waals surface area contributed by atoms with E-state index in [2.05, 4.69) is 22.0 Å². The van der Waals surface area contributed by atoms with Crippen LogP contribution in [0.4, 0.5) is 0 Å². The van der Waals surface area contributed by atoms with Crippen LogP contribution in [-0.4, -0.2) is 13.2 Å². The van der Waals surface area contributed by atoms with Crippen molar-refractivity contribution in [3.63, 3.8) is 0 Å². The lowest BCUT2D eigenvalue weighted by molar-refractivity contribution is 0.238. The molecule has 2 aliphatic rings. The van der Waals surface area contributed by atoms with Gasteiger partial charge in [0, 0.05) is 4.47 Å². The van der Waals surface area contributed by atoms with E-state index in [1.165, 1.54) is 0 Å². The van der Waals surface area contributed by atoms with Crippen LogP contribution in [0.15, 0.2) is 33.6 Å². The van der Waals surface area contributed by atoms with E-state index in [1.807, 2.05) is 0 Å². The molecule has 2 aliphatic carbocycles. The van der Waals surface area contributed by atoms with E-state index in [9.17, 15) is 13.7 Å². The molecule has 2 fully saturated rings. The third-order valence-corrected chi connectivity index (χ3v) is 6.95. The fraction of sp³-hybridized carbons (Fsp3) is 0.462. The number of rotatable bonds is 2. The molecule has 0 radical (unpaired) electrons. The van der Waals surface area contributed by atoms with Gasteiger partial charge in [0.2, 0.25) is 0 Å². The van der Waals surface area contributed by atoms with Crippen LogP contribution in [0.25, 0.3) is 0 Å². The quantitative estimate of drug-likeness (QED) is 0.839. The minimum Gasteiger partial charge on any atom is -0.222 e. The Kier molecular flexibility index (Phi) is 2.43. The molecular formula is C13H12BrNO2S. The predicted molar refractivity (Wildman–Crippen MR) is 70.6 cm³/mol. The van der Waals surface area contributed by atoms with Crippen molar-refractivity contribution in [2.24, 2.45) is 5.41 Å². The largest absolute Gasteiger partial charge is 0.222 e. The Balaban J connectivity index is 1.99. The molecule has 0 saturated heterocycles. The van der Waals surface area contributed by atoms with E-state index in [4.69, 9.17) is 0 Å². The molecule has 94 valence electrons. The zero-order valence-corrected chi connectivity index (χ0v) is 12.1. The van der Waals surface area contributed by atoms with Crippen LogP contribution in [0.3, 0.4) is 0 Å². The highest BCUT2D eigenvalue weighted by molar-refractivity contribution is 9.10. The normalized spacial score (nSPS) is 23.1. The van der Waals surface area contributed by atoms with Crippen LogP contribution < -0.4 is 0 Å². The monoisotopic (exact) mass is 325 g/mol. The van der Waals surface area contributed by atoms with Crippen LogP contribution in [0, 0.1) is 16.7 Å². The first-order chi connectivity index (χ1) is 8.43. The van der Waals surface area contributed by atoms with Crippen molar-refractivity contribution in [2.75, 3.05) is 0 Å². The standard InChI is InChI=1S/C13H12BrNO2S/c14-10-1-3-11(4-2-10)18(16,17)13(9-15)7-12(8-13)5-6-12/h1-4H,5-8H2. The van der Waals surface area contributed by atoms with Crippen LogP contribution in [-0.2, 0) is 9.84 Å². The molecule has 2 saturated carbocycles. The summed E-state index contributed by atoms with van der Waals surface area (Å²) in [7, 11) is -3.54. The van der Waals surface area contributed by atoms with Gasteiger partial charge in [-0.25, -0.2) is 8.42 Å². The molecule has 1 spiro atoms. The number of hydrogen-bond donors (Lipinski definition) is 0. The molecule has 3 nitrogen and oxygen atoms in total. The van der Waals surface area contributed by atoms with Crippen molar-refractivity contribution in [3.8, 4) is 6.07 Å². The van der Waals surface area contributed by atoms with Crippen molar-refractivity contribution in [1.29, 1.82) is 5.26 Å². The Labute approximate surface area is 115 Å². The Hall–Kier alpha value is -0.860. The van der Waals surface area contributed by atoms with Gasteiger partial charge in [0.05, 0.1) is 11.0 Å². The molecule has 0 amide bonds. The van der Waals surface area contributed by atoms with Gasteiger partial charge < -0.3 is 0 Å². The van der Waals surface area contributed by atoms with Crippen LogP contribution in [0.2, 0.25) is 0 Å². The molecule has 0 atom stereocenters. The van der Waals surface area contributed by atoms with Crippen molar-refractivity contribution in [2.45, 2.75) is 35.3 Å². The molecule has 1 aromatic rings. The summed E-state index contributed by atoms with van der Waals surface area (Å²) in [5.74, 6) is 0. The summed E-state index contributed by atoms with van der Waals surface area (Å²) in [5, 5.41) is 9.31. The van der Waals surface area contributed by atoms with Gasteiger partial charge in [-0.3, -0.25) is 0 Å². The number of nitriles is 1. The maximum absolute atomic E-state index is 12.6. The second-order valence-electron chi connectivity index (χ2n) is 5.42. The van der Waals surface area contributed by atoms with Gasteiger partial charge in [-0.1, -0.05) is 15.9 Å². The lowest BCUT2D eigenvalue weighted by Gasteiger charge is -2.42. The van der Waals surface area contributed by atoms with Gasteiger partial charge in [-0.15, -0.1) is 0 Å². The molecule has 0 aromatic heterocycles. The fourth-order valence-corrected chi connectivity index (χ4v) is 5.18. The highest BCUT2D eigenvalue weighted by atomic mass is 79.9. The number of halogens is 1. The Bertz CT molecular complexity index is 631. The molecule has 0 aliphatic heterocycles. The first-order valence-electron chi connectivity index (χ1n) is 5.85. The molecule has 0 unspecified atom stereocenters. The summed E-state index contributed by atoms with van der Waals surface area (Å²) < 4.78 is 24.8. The van der Waals surface area contributed by atoms with Crippen molar-refractivity contribution in [3.05, 3.63) is 28.7 Å². The van der Waals surface area contributed by atoms with E-state index in [0.717, 1.165) is 17.3 Å². The summed E-state index contributed by atoms with van der Waals surface area (Å²) in [4.78, 5) is 0.253. The molecule has 5 heteroatoms. The van der Waals surface area contributed by atoms with E-state index in [1.54, 1.807) is 24.3 Å². The van der Waals surface area contributed by atoms with Crippen molar-refractivity contribution >= 4 is 25.8 Å². The highest BCUT2D eigenvalue weighted by Crippen LogP contribution is 2.67. The second-order valence-corrected chi connectivity index (χ2v) is 8.59. The van der Waals surface area contributed by atoms with Gasteiger partial charge in [0.1, 0.15) is 0 Å². The number of sulfone groups is 1. The summed E-state index contributed by atoms with van der Waals surface area (Å²) >= 11 is 3.28. The zero-order chi connectivity index (χ0) is 13.0. The first-order valence-corrected chi connectivity index (χ1v) is 8.12. The Morgan fingerprint density at radius 3 is 2.17 bits per heavy atom. The molecule has 0 bridgehead atoms. The second kappa shape index (κ2) is 3.58. The van der Waals surface area contributed by atoms with Gasteiger partial charge in [-0.2, -0.15) is 5.26 Å². The van der Waals surface area contributed by atoms with Gasteiger partial charge in [0.25, 0.3) is 0 Å².